The normalized spacial score (nSPS) is 27.1. The Labute approximate surface area is 122 Å². The number of anilines is 1. The van der Waals surface area contributed by atoms with Crippen LogP contribution in [0.5, 0.6) is 0 Å². The summed E-state index contributed by atoms with van der Waals surface area (Å²) in [6.45, 7) is -0.163. The van der Waals surface area contributed by atoms with Crippen molar-refractivity contribution in [3.05, 3.63) is 11.1 Å². The van der Waals surface area contributed by atoms with Crippen molar-refractivity contribution < 1.29 is 9.90 Å². The molecule has 0 aliphatic heterocycles. The number of rotatable bonds is 3. The molecule has 1 amide bonds. The molecule has 2 bridgehead atoms. The zero-order chi connectivity index (χ0) is 13.9. The summed E-state index contributed by atoms with van der Waals surface area (Å²) >= 11 is 1.35. The Kier molecular flexibility index (Phi) is 4.04. The zero-order valence-corrected chi connectivity index (χ0v) is 12.1. The van der Waals surface area contributed by atoms with E-state index in [2.05, 4.69) is 22.1 Å². The number of hydrogen-bond acceptors (Lipinski definition) is 4. The summed E-state index contributed by atoms with van der Waals surface area (Å²) in [7, 11) is 0. The van der Waals surface area contributed by atoms with Gasteiger partial charge in [-0.05, 0) is 37.0 Å². The molecule has 2 aliphatic carbocycles. The molecule has 0 radical (unpaired) electrons. The third-order valence-electron chi connectivity index (χ3n) is 4.37. The lowest BCUT2D eigenvalue weighted by molar-refractivity contribution is -0.117. The quantitative estimate of drug-likeness (QED) is 0.839. The van der Waals surface area contributed by atoms with Crippen LogP contribution in [0.15, 0.2) is 6.20 Å². The van der Waals surface area contributed by atoms with Gasteiger partial charge >= 0.3 is 0 Å². The SMILES string of the molecule is O=C(CC1CC2CCC1C2)Nc1ncc(C#CCO)s1. The maximum absolute atomic E-state index is 12.0. The van der Waals surface area contributed by atoms with Crippen molar-refractivity contribution in [2.24, 2.45) is 17.8 Å². The van der Waals surface area contributed by atoms with Gasteiger partial charge in [-0.25, -0.2) is 4.98 Å². The van der Waals surface area contributed by atoms with Gasteiger partial charge in [-0.1, -0.05) is 29.6 Å². The Morgan fingerprint density at radius 2 is 2.40 bits per heavy atom. The van der Waals surface area contributed by atoms with E-state index in [9.17, 15) is 4.79 Å². The van der Waals surface area contributed by atoms with Crippen molar-refractivity contribution in [2.75, 3.05) is 11.9 Å². The summed E-state index contributed by atoms with van der Waals surface area (Å²) in [5, 5.41) is 12.1. The molecule has 3 rings (SSSR count). The molecule has 0 spiro atoms. The van der Waals surface area contributed by atoms with E-state index in [0.29, 0.717) is 17.5 Å². The Morgan fingerprint density at radius 1 is 1.50 bits per heavy atom. The maximum atomic E-state index is 12.0. The molecular weight excluding hydrogens is 272 g/mol. The van der Waals surface area contributed by atoms with Crippen molar-refractivity contribution in [3.8, 4) is 11.8 Å². The third-order valence-corrected chi connectivity index (χ3v) is 5.20. The molecule has 3 unspecified atom stereocenters. The van der Waals surface area contributed by atoms with Crippen LogP contribution >= 0.6 is 11.3 Å². The number of amides is 1. The molecule has 1 aromatic rings. The van der Waals surface area contributed by atoms with Crippen molar-refractivity contribution in [1.82, 2.24) is 4.98 Å². The van der Waals surface area contributed by atoms with Crippen LogP contribution in [0, 0.1) is 29.6 Å². The molecule has 2 saturated carbocycles. The number of aromatic nitrogens is 1. The molecule has 0 saturated heterocycles. The molecule has 2 aliphatic rings. The Hall–Kier alpha value is -1.38. The topological polar surface area (TPSA) is 62.2 Å². The summed E-state index contributed by atoms with van der Waals surface area (Å²) in [5.41, 5.74) is 0. The molecule has 2 fully saturated rings. The van der Waals surface area contributed by atoms with Crippen molar-refractivity contribution >= 4 is 22.4 Å². The number of nitrogens with one attached hydrogen (secondary N) is 1. The molecule has 3 atom stereocenters. The second kappa shape index (κ2) is 5.94. The fourth-order valence-corrected chi connectivity index (χ4v) is 4.26. The first-order chi connectivity index (χ1) is 9.74. The molecule has 5 heteroatoms. The van der Waals surface area contributed by atoms with E-state index in [1.54, 1.807) is 6.20 Å². The maximum Gasteiger partial charge on any atom is 0.226 e. The highest BCUT2D eigenvalue weighted by molar-refractivity contribution is 7.16. The van der Waals surface area contributed by atoms with Crippen LogP contribution in [0.3, 0.4) is 0 Å². The summed E-state index contributed by atoms with van der Waals surface area (Å²) in [4.78, 5) is 16.9. The lowest BCUT2D eigenvalue weighted by Gasteiger charge is -2.20. The van der Waals surface area contributed by atoms with E-state index in [-0.39, 0.29) is 12.5 Å². The van der Waals surface area contributed by atoms with Gasteiger partial charge in [0, 0.05) is 6.42 Å². The molecule has 1 aromatic heterocycles. The lowest BCUT2D eigenvalue weighted by Crippen LogP contribution is -2.20. The standard InChI is InChI=1S/C15H18N2O2S/c18-5-1-2-13-9-16-15(20-13)17-14(19)8-12-7-10-3-4-11(12)6-10/h9-12,18H,3-8H2,(H,16,17,19). The molecular formula is C15H18N2O2S. The highest BCUT2D eigenvalue weighted by Crippen LogP contribution is 2.49. The van der Waals surface area contributed by atoms with E-state index >= 15 is 0 Å². The van der Waals surface area contributed by atoms with E-state index in [1.807, 2.05) is 0 Å². The van der Waals surface area contributed by atoms with Gasteiger partial charge in [0.25, 0.3) is 0 Å². The molecule has 106 valence electrons. The van der Waals surface area contributed by atoms with E-state index < -0.39 is 0 Å². The van der Waals surface area contributed by atoms with Gasteiger partial charge in [-0.15, -0.1) is 0 Å². The first-order valence-electron chi connectivity index (χ1n) is 7.10. The highest BCUT2D eigenvalue weighted by atomic mass is 32.1. The molecule has 1 heterocycles. The van der Waals surface area contributed by atoms with Crippen LogP contribution in [-0.2, 0) is 4.79 Å². The third kappa shape index (κ3) is 3.02. The van der Waals surface area contributed by atoms with Gasteiger partial charge in [0.15, 0.2) is 5.13 Å². The first-order valence-corrected chi connectivity index (χ1v) is 7.91. The monoisotopic (exact) mass is 290 g/mol. The minimum absolute atomic E-state index is 0.0681. The predicted octanol–water partition coefficient (Wildman–Crippen LogP) is 2.25. The van der Waals surface area contributed by atoms with E-state index in [0.717, 1.165) is 16.7 Å². The lowest BCUT2D eigenvalue weighted by atomic mass is 9.86. The van der Waals surface area contributed by atoms with Crippen LogP contribution in [0.2, 0.25) is 0 Å². The van der Waals surface area contributed by atoms with Crippen LogP contribution in [0.4, 0.5) is 5.13 Å². The Morgan fingerprint density at radius 3 is 3.10 bits per heavy atom. The largest absolute Gasteiger partial charge is 0.384 e. The average molecular weight is 290 g/mol. The fourth-order valence-electron chi connectivity index (χ4n) is 3.55. The van der Waals surface area contributed by atoms with Gasteiger partial charge < -0.3 is 10.4 Å². The van der Waals surface area contributed by atoms with Crippen LogP contribution < -0.4 is 5.32 Å². The number of carbonyl (C=O) groups is 1. The van der Waals surface area contributed by atoms with Crippen molar-refractivity contribution in [2.45, 2.75) is 32.1 Å². The summed E-state index contributed by atoms with van der Waals surface area (Å²) in [6, 6.07) is 0. The van der Waals surface area contributed by atoms with Gasteiger partial charge in [0.1, 0.15) is 6.61 Å². The highest BCUT2D eigenvalue weighted by Gasteiger charge is 2.40. The van der Waals surface area contributed by atoms with Crippen molar-refractivity contribution in [1.29, 1.82) is 0 Å². The van der Waals surface area contributed by atoms with Gasteiger partial charge in [0.2, 0.25) is 5.91 Å². The van der Waals surface area contributed by atoms with Gasteiger partial charge in [0.05, 0.1) is 11.1 Å². The molecule has 20 heavy (non-hydrogen) atoms. The zero-order valence-electron chi connectivity index (χ0n) is 11.3. The van der Waals surface area contributed by atoms with Crippen LogP contribution in [0.25, 0.3) is 0 Å². The van der Waals surface area contributed by atoms with Crippen molar-refractivity contribution in [3.63, 3.8) is 0 Å². The summed E-state index contributed by atoms with van der Waals surface area (Å²) in [5.74, 6) is 7.64. The fraction of sp³-hybridized carbons (Fsp3) is 0.600. The van der Waals surface area contributed by atoms with Gasteiger partial charge in [-0.3, -0.25) is 4.79 Å². The van der Waals surface area contributed by atoms with E-state index in [4.69, 9.17) is 5.11 Å². The number of thiazole rings is 1. The second-order valence-electron chi connectivity index (χ2n) is 5.68. The minimum Gasteiger partial charge on any atom is -0.384 e. The summed E-state index contributed by atoms with van der Waals surface area (Å²) in [6.07, 6.45) is 7.47. The van der Waals surface area contributed by atoms with E-state index in [1.165, 1.54) is 37.0 Å². The number of carbonyl (C=O) groups excluding carboxylic acids is 1. The smallest absolute Gasteiger partial charge is 0.226 e. The Bertz CT molecular complexity index is 558. The minimum atomic E-state index is -0.163. The van der Waals surface area contributed by atoms with Crippen LogP contribution in [-0.4, -0.2) is 22.6 Å². The number of nitrogens with zero attached hydrogens (tertiary/aromatic N) is 1. The number of fused-ring (bicyclic) bond motifs is 2. The average Bonchev–Trinajstić information content (AvgIpc) is 3.12. The predicted molar refractivity (Wildman–Crippen MR) is 78.3 cm³/mol. The molecule has 0 aromatic carbocycles. The van der Waals surface area contributed by atoms with Crippen LogP contribution in [0.1, 0.15) is 37.0 Å². The Balaban J connectivity index is 1.52. The van der Waals surface area contributed by atoms with Gasteiger partial charge in [-0.2, -0.15) is 0 Å². The first kappa shape index (κ1) is 13.6. The molecule has 2 N–H and O–H groups in total. The second-order valence-corrected chi connectivity index (χ2v) is 6.71. The number of aliphatic hydroxyl groups is 1. The number of aliphatic hydroxyl groups excluding tert-OH is 1. The summed E-state index contributed by atoms with van der Waals surface area (Å²) < 4.78 is 0. The molecule has 4 nitrogen and oxygen atoms in total. The number of hydrogen-bond donors (Lipinski definition) is 2.